The summed E-state index contributed by atoms with van der Waals surface area (Å²) in [5, 5.41) is 23.1. The van der Waals surface area contributed by atoms with Crippen molar-refractivity contribution in [1.82, 2.24) is 0 Å². The standard InChI is InChI=1S/C27H40O6/c1-5-16(6-2)24(31)33-15-22(30)27(32)12-10-20-19-8-7-17-13-18(28)9-11-25(17,3)23(19)21(29)14-26(20,27)4/h13,16,19-21,23,29,32H,5-12,14-15H2,1-4H3/t19-,20-,21-,23+,25-,26-,27+/m0/s1. The summed E-state index contributed by atoms with van der Waals surface area (Å²) in [5.74, 6) is -0.526. The van der Waals surface area contributed by atoms with Crippen LogP contribution in [-0.2, 0) is 19.1 Å². The lowest BCUT2D eigenvalue weighted by Crippen LogP contribution is -2.62. The zero-order valence-electron chi connectivity index (χ0n) is 20.6. The molecule has 3 fully saturated rings. The predicted molar refractivity (Wildman–Crippen MR) is 123 cm³/mol. The van der Waals surface area contributed by atoms with Gasteiger partial charge in [-0.3, -0.25) is 14.4 Å². The summed E-state index contributed by atoms with van der Waals surface area (Å²) >= 11 is 0. The van der Waals surface area contributed by atoms with E-state index in [1.807, 2.05) is 26.8 Å². The molecule has 0 unspecified atom stereocenters. The van der Waals surface area contributed by atoms with Crippen LogP contribution >= 0.6 is 0 Å². The normalized spacial score (nSPS) is 42.3. The molecule has 6 nitrogen and oxygen atoms in total. The third kappa shape index (κ3) is 3.63. The van der Waals surface area contributed by atoms with E-state index < -0.39 is 29.5 Å². The summed E-state index contributed by atoms with van der Waals surface area (Å²) in [6.45, 7) is 7.56. The molecule has 2 N–H and O–H groups in total. The first-order chi connectivity index (χ1) is 15.5. The molecule has 0 bridgehead atoms. The van der Waals surface area contributed by atoms with Crippen molar-refractivity contribution in [3.63, 3.8) is 0 Å². The molecule has 0 aromatic rings. The van der Waals surface area contributed by atoms with Gasteiger partial charge in [-0.25, -0.2) is 0 Å². The van der Waals surface area contributed by atoms with Crippen molar-refractivity contribution >= 4 is 17.5 Å². The molecule has 4 rings (SSSR count). The molecule has 0 radical (unpaired) electrons. The van der Waals surface area contributed by atoms with E-state index >= 15 is 0 Å². The van der Waals surface area contributed by atoms with Gasteiger partial charge in [0.05, 0.1) is 12.0 Å². The lowest BCUT2D eigenvalue weighted by atomic mass is 9.45. The zero-order chi connectivity index (χ0) is 24.2. The third-order valence-electron chi connectivity index (χ3n) is 10.2. The Kier molecular flexibility index (Phi) is 6.41. The molecule has 6 heteroatoms. The topological polar surface area (TPSA) is 101 Å². The van der Waals surface area contributed by atoms with Gasteiger partial charge in [0.25, 0.3) is 0 Å². The number of hydrogen-bond donors (Lipinski definition) is 2. The molecule has 0 aromatic heterocycles. The summed E-state index contributed by atoms with van der Waals surface area (Å²) in [5.41, 5.74) is -1.39. The van der Waals surface area contributed by atoms with Crippen molar-refractivity contribution < 1.29 is 29.3 Å². The average molecular weight is 461 g/mol. The van der Waals surface area contributed by atoms with Gasteiger partial charge in [0.1, 0.15) is 5.60 Å². The summed E-state index contributed by atoms with van der Waals surface area (Å²) in [7, 11) is 0. The lowest BCUT2D eigenvalue weighted by Gasteiger charge is -2.60. The number of fused-ring (bicyclic) bond motifs is 5. The van der Waals surface area contributed by atoms with Gasteiger partial charge in [-0.2, -0.15) is 0 Å². The second-order valence-corrected chi connectivity index (χ2v) is 11.5. The van der Waals surface area contributed by atoms with Crippen LogP contribution < -0.4 is 0 Å². The molecule has 0 aromatic carbocycles. The summed E-state index contributed by atoms with van der Waals surface area (Å²) in [4.78, 5) is 37.6. The first-order valence-electron chi connectivity index (χ1n) is 12.9. The van der Waals surface area contributed by atoms with Gasteiger partial charge in [0, 0.05) is 11.8 Å². The number of aliphatic hydroxyl groups is 2. The van der Waals surface area contributed by atoms with Crippen LogP contribution in [0, 0.1) is 34.5 Å². The first kappa shape index (κ1) is 24.6. The van der Waals surface area contributed by atoms with E-state index in [9.17, 15) is 24.6 Å². The molecule has 4 aliphatic rings. The predicted octanol–water partition coefficient (Wildman–Crippen LogP) is 3.77. The number of hydrogen-bond acceptors (Lipinski definition) is 6. The molecular formula is C27H40O6. The maximum Gasteiger partial charge on any atom is 0.309 e. The molecule has 3 saturated carbocycles. The van der Waals surface area contributed by atoms with E-state index in [0.717, 1.165) is 25.7 Å². The summed E-state index contributed by atoms with van der Waals surface area (Å²) in [6.07, 6.45) is 6.85. The second-order valence-electron chi connectivity index (χ2n) is 11.5. The number of rotatable bonds is 6. The van der Waals surface area contributed by atoms with Gasteiger partial charge in [0.2, 0.25) is 5.78 Å². The van der Waals surface area contributed by atoms with Crippen molar-refractivity contribution in [3.05, 3.63) is 11.6 Å². The number of esters is 1. The van der Waals surface area contributed by atoms with E-state index in [1.165, 1.54) is 5.57 Å². The average Bonchev–Trinajstić information content (AvgIpc) is 3.04. The Morgan fingerprint density at radius 3 is 2.52 bits per heavy atom. The van der Waals surface area contributed by atoms with Crippen LogP contribution in [0.5, 0.6) is 0 Å². The van der Waals surface area contributed by atoms with Crippen LogP contribution in [0.1, 0.15) is 85.5 Å². The Balaban J connectivity index is 1.56. The van der Waals surface area contributed by atoms with Crippen molar-refractivity contribution in [2.24, 2.45) is 34.5 Å². The lowest BCUT2D eigenvalue weighted by molar-refractivity contribution is -0.185. The number of aliphatic hydroxyl groups excluding tert-OH is 1. The maximum absolute atomic E-state index is 13.3. The summed E-state index contributed by atoms with van der Waals surface area (Å²) in [6, 6.07) is 0. The van der Waals surface area contributed by atoms with Gasteiger partial charge < -0.3 is 14.9 Å². The summed E-state index contributed by atoms with van der Waals surface area (Å²) < 4.78 is 5.33. The third-order valence-corrected chi connectivity index (χ3v) is 10.2. The highest BCUT2D eigenvalue weighted by Gasteiger charge is 2.68. The number of ether oxygens (including phenoxy) is 1. The van der Waals surface area contributed by atoms with Gasteiger partial charge in [-0.1, -0.05) is 33.3 Å². The molecule has 33 heavy (non-hydrogen) atoms. The number of carbonyl (C=O) groups excluding carboxylic acids is 3. The van der Waals surface area contributed by atoms with E-state index in [1.54, 1.807) is 0 Å². The highest BCUT2D eigenvalue weighted by molar-refractivity contribution is 5.92. The second kappa shape index (κ2) is 8.60. The molecule has 0 spiro atoms. The largest absolute Gasteiger partial charge is 0.457 e. The molecule has 0 heterocycles. The monoisotopic (exact) mass is 460 g/mol. The molecule has 0 amide bonds. The van der Waals surface area contributed by atoms with E-state index in [-0.39, 0.29) is 40.8 Å². The smallest absolute Gasteiger partial charge is 0.309 e. The zero-order valence-corrected chi connectivity index (χ0v) is 20.6. The minimum atomic E-state index is -1.60. The van der Waals surface area contributed by atoms with E-state index in [2.05, 4.69) is 6.92 Å². The molecular weight excluding hydrogens is 420 g/mol. The minimum Gasteiger partial charge on any atom is -0.457 e. The van der Waals surface area contributed by atoms with E-state index in [0.29, 0.717) is 32.1 Å². The fraction of sp³-hybridized carbons (Fsp3) is 0.815. The van der Waals surface area contributed by atoms with Crippen molar-refractivity contribution in [2.75, 3.05) is 6.61 Å². The fourth-order valence-electron chi connectivity index (χ4n) is 8.15. The molecule has 0 saturated heterocycles. The van der Waals surface area contributed by atoms with Gasteiger partial charge in [0.15, 0.2) is 12.4 Å². The minimum absolute atomic E-state index is 0.0359. The Labute approximate surface area is 197 Å². The van der Waals surface area contributed by atoms with Gasteiger partial charge in [-0.05, 0) is 80.6 Å². The Morgan fingerprint density at radius 2 is 1.85 bits per heavy atom. The molecule has 4 aliphatic carbocycles. The molecule has 0 aliphatic heterocycles. The van der Waals surface area contributed by atoms with Crippen LogP contribution in [0.2, 0.25) is 0 Å². The first-order valence-corrected chi connectivity index (χ1v) is 12.9. The number of allylic oxidation sites excluding steroid dienone is 1. The van der Waals surface area contributed by atoms with Crippen molar-refractivity contribution in [1.29, 1.82) is 0 Å². The van der Waals surface area contributed by atoms with Gasteiger partial charge in [-0.15, -0.1) is 0 Å². The molecule has 7 atom stereocenters. The highest BCUT2D eigenvalue weighted by atomic mass is 16.5. The van der Waals surface area contributed by atoms with Crippen LogP contribution in [-0.4, -0.2) is 46.1 Å². The van der Waals surface area contributed by atoms with Crippen LogP contribution in [0.15, 0.2) is 11.6 Å². The van der Waals surface area contributed by atoms with Gasteiger partial charge >= 0.3 is 5.97 Å². The number of Topliss-reactive ketones (excluding diaryl/α,β-unsaturated/α-hetero) is 1. The fourth-order valence-corrected chi connectivity index (χ4v) is 8.15. The Hall–Kier alpha value is -1.53. The number of carbonyl (C=O) groups is 3. The van der Waals surface area contributed by atoms with Crippen molar-refractivity contribution in [2.45, 2.75) is 97.2 Å². The molecule has 184 valence electrons. The van der Waals surface area contributed by atoms with Crippen LogP contribution in [0.4, 0.5) is 0 Å². The quantitative estimate of drug-likeness (QED) is 0.585. The van der Waals surface area contributed by atoms with E-state index in [4.69, 9.17) is 4.74 Å². The number of ketones is 2. The van der Waals surface area contributed by atoms with Crippen molar-refractivity contribution in [3.8, 4) is 0 Å². The Morgan fingerprint density at radius 1 is 1.15 bits per heavy atom. The van der Waals surface area contributed by atoms with Crippen LogP contribution in [0.25, 0.3) is 0 Å². The SMILES string of the molecule is CCC(CC)C(=O)OCC(=O)[C@]1(O)CC[C@H]2[C@@H]3CCC4=CC(=O)CC[C@]4(C)[C@H]3[C@@H](O)C[C@@]21C. The highest BCUT2D eigenvalue weighted by Crippen LogP contribution is 2.67. The Bertz CT molecular complexity index is 859. The van der Waals surface area contributed by atoms with Crippen LogP contribution in [0.3, 0.4) is 0 Å². The maximum atomic E-state index is 13.3.